The van der Waals surface area contributed by atoms with Gasteiger partial charge in [-0.25, -0.2) is 9.78 Å². The first-order chi connectivity index (χ1) is 9.27. The van der Waals surface area contributed by atoms with E-state index < -0.39 is 5.97 Å². The van der Waals surface area contributed by atoms with Crippen LogP contribution >= 0.6 is 11.3 Å². The molecular formula is C14H22N2O3S. The lowest BCUT2D eigenvalue weighted by molar-refractivity contribution is 0.0526. The number of ether oxygens (including phenoxy) is 1. The molecular weight excluding hydrogens is 276 g/mol. The van der Waals surface area contributed by atoms with Crippen molar-refractivity contribution in [2.75, 3.05) is 13.2 Å². The molecule has 0 aliphatic heterocycles. The summed E-state index contributed by atoms with van der Waals surface area (Å²) >= 11 is 1.12. The largest absolute Gasteiger partial charge is 0.461 e. The van der Waals surface area contributed by atoms with Crippen LogP contribution in [0.2, 0.25) is 0 Å². The van der Waals surface area contributed by atoms with Crippen LogP contribution in [0.5, 0.6) is 0 Å². The third-order valence-electron chi connectivity index (χ3n) is 3.45. The second-order valence-electron chi connectivity index (χ2n) is 5.58. The van der Waals surface area contributed by atoms with Gasteiger partial charge in [-0.15, -0.1) is 11.3 Å². The maximum atomic E-state index is 12.0. The Morgan fingerprint density at radius 3 is 2.65 bits per heavy atom. The topological polar surface area (TPSA) is 68.3 Å². The van der Waals surface area contributed by atoms with E-state index in [0.29, 0.717) is 19.1 Å². The molecule has 1 rings (SSSR count). The van der Waals surface area contributed by atoms with Gasteiger partial charge in [-0.3, -0.25) is 4.79 Å². The molecule has 1 N–H and O–H groups in total. The summed E-state index contributed by atoms with van der Waals surface area (Å²) in [5, 5.41) is 4.64. The van der Waals surface area contributed by atoms with Gasteiger partial charge in [0.15, 0.2) is 0 Å². The van der Waals surface area contributed by atoms with Crippen LogP contribution in [0, 0.1) is 11.3 Å². The Labute approximate surface area is 123 Å². The smallest absolute Gasteiger partial charge is 0.367 e. The van der Waals surface area contributed by atoms with Gasteiger partial charge in [-0.05, 0) is 18.3 Å². The summed E-state index contributed by atoms with van der Waals surface area (Å²) in [5.74, 6) is -0.294. The lowest BCUT2D eigenvalue weighted by atomic mass is 9.81. The van der Waals surface area contributed by atoms with Crippen LogP contribution in [-0.4, -0.2) is 30.0 Å². The van der Waals surface area contributed by atoms with Crippen LogP contribution in [0.25, 0.3) is 0 Å². The molecule has 1 aromatic heterocycles. The Morgan fingerprint density at radius 2 is 2.10 bits per heavy atom. The van der Waals surface area contributed by atoms with Crippen molar-refractivity contribution in [1.29, 1.82) is 0 Å². The summed E-state index contributed by atoms with van der Waals surface area (Å²) in [7, 11) is 0. The van der Waals surface area contributed by atoms with Gasteiger partial charge in [-0.1, -0.05) is 27.7 Å². The molecule has 20 heavy (non-hydrogen) atoms. The molecule has 0 saturated heterocycles. The highest BCUT2D eigenvalue weighted by molar-refractivity contribution is 7.11. The second kappa shape index (κ2) is 6.83. The molecule has 5 nitrogen and oxygen atoms in total. The highest BCUT2D eigenvalue weighted by atomic mass is 32.1. The molecule has 0 spiro atoms. The Hall–Kier alpha value is -1.43. The van der Waals surface area contributed by atoms with Gasteiger partial charge in [0.25, 0.3) is 5.91 Å². The monoisotopic (exact) mass is 298 g/mol. The number of hydrogen-bond acceptors (Lipinski definition) is 5. The van der Waals surface area contributed by atoms with Crippen LogP contribution in [0.4, 0.5) is 0 Å². The minimum atomic E-state index is -0.487. The predicted molar refractivity (Wildman–Crippen MR) is 79.0 cm³/mol. The number of carbonyl (C=O) groups excluding carboxylic acids is 2. The molecule has 0 bridgehead atoms. The SMILES string of the molecule is CCOC(=O)c1nc(C(=O)NCC(C)(C)C(C)C)cs1. The summed E-state index contributed by atoms with van der Waals surface area (Å²) in [6.45, 7) is 11.0. The minimum absolute atomic E-state index is 0.00958. The number of nitrogens with zero attached hydrogens (tertiary/aromatic N) is 1. The van der Waals surface area contributed by atoms with Crippen molar-refractivity contribution in [1.82, 2.24) is 10.3 Å². The molecule has 0 aromatic carbocycles. The molecule has 112 valence electrons. The highest BCUT2D eigenvalue weighted by Crippen LogP contribution is 2.24. The van der Waals surface area contributed by atoms with Gasteiger partial charge in [0.1, 0.15) is 5.69 Å². The van der Waals surface area contributed by atoms with Crippen LogP contribution in [-0.2, 0) is 4.74 Å². The Kier molecular flexibility index (Phi) is 5.68. The summed E-state index contributed by atoms with van der Waals surface area (Å²) in [5.41, 5.74) is 0.271. The maximum absolute atomic E-state index is 12.0. The number of carbonyl (C=O) groups is 2. The van der Waals surface area contributed by atoms with E-state index in [4.69, 9.17) is 4.74 Å². The van der Waals surface area contributed by atoms with Crippen LogP contribution in [0.15, 0.2) is 5.38 Å². The fourth-order valence-corrected chi connectivity index (χ4v) is 1.96. The van der Waals surface area contributed by atoms with E-state index in [1.165, 1.54) is 0 Å². The van der Waals surface area contributed by atoms with E-state index >= 15 is 0 Å². The number of hydrogen-bond donors (Lipinski definition) is 1. The van der Waals surface area contributed by atoms with Crippen molar-refractivity contribution < 1.29 is 14.3 Å². The maximum Gasteiger partial charge on any atom is 0.367 e. The van der Waals surface area contributed by atoms with E-state index in [9.17, 15) is 9.59 Å². The van der Waals surface area contributed by atoms with Crippen LogP contribution in [0.3, 0.4) is 0 Å². The van der Waals surface area contributed by atoms with Gasteiger partial charge in [-0.2, -0.15) is 0 Å². The molecule has 0 saturated carbocycles. The number of amides is 1. The van der Waals surface area contributed by atoms with Crippen molar-refractivity contribution in [2.24, 2.45) is 11.3 Å². The molecule has 1 heterocycles. The third kappa shape index (κ3) is 4.30. The van der Waals surface area contributed by atoms with Crippen LogP contribution < -0.4 is 5.32 Å². The van der Waals surface area contributed by atoms with E-state index in [1.54, 1.807) is 12.3 Å². The van der Waals surface area contributed by atoms with E-state index in [1.807, 2.05) is 0 Å². The third-order valence-corrected chi connectivity index (χ3v) is 4.28. The van der Waals surface area contributed by atoms with Crippen molar-refractivity contribution in [3.63, 3.8) is 0 Å². The molecule has 0 aliphatic carbocycles. The second-order valence-corrected chi connectivity index (χ2v) is 6.44. The normalized spacial score (nSPS) is 11.5. The van der Waals surface area contributed by atoms with Crippen molar-refractivity contribution in [3.8, 4) is 0 Å². The van der Waals surface area contributed by atoms with E-state index in [0.717, 1.165) is 11.3 Å². The average Bonchev–Trinajstić information content (AvgIpc) is 2.85. The first-order valence-electron chi connectivity index (χ1n) is 6.68. The Balaban J connectivity index is 2.63. The summed E-state index contributed by atoms with van der Waals surface area (Å²) < 4.78 is 4.84. The zero-order chi connectivity index (χ0) is 15.3. The summed E-state index contributed by atoms with van der Waals surface area (Å²) in [6.07, 6.45) is 0. The first-order valence-corrected chi connectivity index (χ1v) is 7.56. The number of nitrogens with one attached hydrogen (secondary N) is 1. The van der Waals surface area contributed by atoms with Gasteiger partial charge < -0.3 is 10.1 Å². The number of rotatable bonds is 6. The van der Waals surface area contributed by atoms with Gasteiger partial charge in [0, 0.05) is 11.9 Å². The molecule has 1 aromatic rings. The molecule has 0 atom stereocenters. The predicted octanol–water partition coefficient (Wildman–Crippen LogP) is 2.73. The molecule has 1 amide bonds. The quantitative estimate of drug-likeness (QED) is 0.820. The zero-order valence-electron chi connectivity index (χ0n) is 12.6. The fourth-order valence-electron chi connectivity index (χ4n) is 1.27. The lowest BCUT2D eigenvalue weighted by Gasteiger charge is -2.29. The first kappa shape index (κ1) is 16.6. The zero-order valence-corrected chi connectivity index (χ0v) is 13.5. The number of esters is 1. The molecule has 0 fully saturated rings. The molecule has 0 radical (unpaired) electrons. The number of thiazole rings is 1. The van der Waals surface area contributed by atoms with E-state index in [-0.39, 0.29) is 22.0 Å². The van der Waals surface area contributed by atoms with Gasteiger partial charge in [0.2, 0.25) is 5.01 Å². The van der Waals surface area contributed by atoms with Crippen molar-refractivity contribution in [3.05, 3.63) is 16.1 Å². The van der Waals surface area contributed by atoms with Gasteiger partial charge in [0.05, 0.1) is 6.61 Å². The summed E-state index contributed by atoms with van der Waals surface area (Å²) in [6, 6.07) is 0. The Bertz CT molecular complexity index is 481. The molecule has 6 heteroatoms. The Morgan fingerprint density at radius 1 is 1.45 bits per heavy atom. The van der Waals surface area contributed by atoms with Crippen LogP contribution in [0.1, 0.15) is 54.9 Å². The fraction of sp³-hybridized carbons (Fsp3) is 0.643. The van der Waals surface area contributed by atoms with Crippen molar-refractivity contribution >= 4 is 23.2 Å². The minimum Gasteiger partial charge on any atom is -0.461 e. The number of aromatic nitrogens is 1. The van der Waals surface area contributed by atoms with E-state index in [2.05, 4.69) is 38.0 Å². The van der Waals surface area contributed by atoms with Gasteiger partial charge >= 0.3 is 5.97 Å². The molecule has 0 aliphatic rings. The summed E-state index contributed by atoms with van der Waals surface area (Å²) in [4.78, 5) is 27.5. The lowest BCUT2D eigenvalue weighted by Crippen LogP contribution is -2.37. The highest BCUT2D eigenvalue weighted by Gasteiger charge is 2.24. The van der Waals surface area contributed by atoms with Crippen molar-refractivity contribution in [2.45, 2.75) is 34.6 Å². The molecule has 0 unspecified atom stereocenters. The standard InChI is InChI=1S/C14H22N2O3S/c1-6-19-13(18)12-16-10(7-20-12)11(17)15-8-14(4,5)9(2)3/h7,9H,6,8H2,1-5H3,(H,15,17). The average molecular weight is 298 g/mol.